The van der Waals surface area contributed by atoms with Crippen LogP contribution in [0.2, 0.25) is 0 Å². The molecule has 0 heterocycles. The van der Waals surface area contributed by atoms with Crippen molar-refractivity contribution in [1.29, 1.82) is 5.41 Å². The molecule has 0 bridgehead atoms. The molecule has 0 saturated heterocycles. The molecular weight excluding hydrogens is 194 g/mol. The van der Waals surface area contributed by atoms with Crippen LogP contribution in [0, 0.1) is 5.41 Å². The van der Waals surface area contributed by atoms with Crippen molar-refractivity contribution in [3.8, 4) is 5.75 Å². The third-order valence-corrected chi connectivity index (χ3v) is 1.70. The van der Waals surface area contributed by atoms with E-state index in [1.165, 1.54) is 0 Å². The monoisotopic (exact) mass is 207 g/mol. The summed E-state index contributed by atoms with van der Waals surface area (Å²) < 4.78 is 5.07. The van der Waals surface area contributed by atoms with Gasteiger partial charge in [0.25, 0.3) is 5.91 Å². The molecule has 1 aromatic rings. The van der Waals surface area contributed by atoms with Crippen LogP contribution in [-0.4, -0.2) is 18.3 Å². The van der Waals surface area contributed by atoms with E-state index in [4.69, 9.17) is 21.6 Å². The van der Waals surface area contributed by atoms with E-state index in [-0.39, 0.29) is 12.4 Å². The number of rotatable bonds is 5. The molecule has 0 unspecified atom stereocenters. The van der Waals surface area contributed by atoms with Crippen LogP contribution in [0.5, 0.6) is 5.75 Å². The molecule has 1 rings (SSSR count). The summed E-state index contributed by atoms with van der Waals surface area (Å²) in [5.41, 5.74) is 11.1. The average Bonchev–Trinajstić information content (AvgIpc) is 2.16. The van der Waals surface area contributed by atoms with E-state index in [1.807, 2.05) is 0 Å². The summed E-state index contributed by atoms with van der Waals surface area (Å²) in [5, 5.41) is 7.11. The molecule has 0 saturated carbocycles. The van der Waals surface area contributed by atoms with Gasteiger partial charge in [0.05, 0.1) is 5.84 Å². The minimum atomic E-state index is -0.511. The molecule has 80 valence electrons. The molecule has 0 atom stereocenters. The van der Waals surface area contributed by atoms with Crippen molar-refractivity contribution in [3.63, 3.8) is 0 Å². The summed E-state index contributed by atoms with van der Waals surface area (Å²) in [6.45, 7) is -0.133. The number of nitrogens with two attached hydrogens (primary N) is 2. The highest BCUT2D eigenvalue weighted by Crippen LogP contribution is 2.12. The molecule has 0 fully saturated rings. The Morgan fingerprint density at radius 1 is 1.27 bits per heavy atom. The van der Waals surface area contributed by atoms with Gasteiger partial charge in [0.1, 0.15) is 5.75 Å². The molecule has 1 aromatic carbocycles. The first kappa shape index (κ1) is 11.0. The zero-order chi connectivity index (χ0) is 11.3. The first-order valence-electron chi connectivity index (χ1n) is 4.41. The number of primary amides is 1. The topological polar surface area (TPSA) is 102 Å². The van der Waals surface area contributed by atoms with Crippen LogP contribution >= 0.6 is 0 Å². The van der Waals surface area contributed by atoms with Crippen molar-refractivity contribution >= 4 is 11.7 Å². The number of amidine groups is 1. The predicted octanol–water partition coefficient (Wildman–Crippen LogP) is 0.0292. The maximum Gasteiger partial charge on any atom is 0.255 e. The Balaban J connectivity index is 2.56. The van der Waals surface area contributed by atoms with Crippen LogP contribution < -0.4 is 16.2 Å². The highest BCUT2D eigenvalue weighted by molar-refractivity contribution is 5.79. The van der Waals surface area contributed by atoms with E-state index in [1.54, 1.807) is 24.3 Å². The quantitative estimate of drug-likeness (QED) is 0.468. The maximum atomic E-state index is 10.4. The van der Waals surface area contributed by atoms with Crippen molar-refractivity contribution in [3.05, 3.63) is 29.8 Å². The lowest BCUT2D eigenvalue weighted by Crippen LogP contribution is -2.20. The zero-order valence-corrected chi connectivity index (χ0v) is 8.19. The van der Waals surface area contributed by atoms with E-state index >= 15 is 0 Å². The second-order valence-electron chi connectivity index (χ2n) is 3.10. The third-order valence-electron chi connectivity index (χ3n) is 1.70. The second-order valence-corrected chi connectivity index (χ2v) is 3.10. The standard InChI is InChI=1S/C10H13N3O2/c11-9(12)5-7-1-3-8(4-2-7)15-6-10(13)14/h1-4H,5-6H2,(H3,11,12)(H2,13,14). The van der Waals surface area contributed by atoms with Crippen molar-refractivity contribution < 1.29 is 9.53 Å². The average molecular weight is 207 g/mol. The van der Waals surface area contributed by atoms with Gasteiger partial charge in [-0.1, -0.05) is 12.1 Å². The lowest BCUT2D eigenvalue weighted by Gasteiger charge is -2.04. The van der Waals surface area contributed by atoms with E-state index < -0.39 is 5.91 Å². The Bertz CT molecular complexity index is 359. The van der Waals surface area contributed by atoms with Crippen LogP contribution in [0.1, 0.15) is 5.56 Å². The molecular formula is C10H13N3O2. The van der Waals surface area contributed by atoms with Gasteiger partial charge in [-0.3, -0.25) is 10.2 Å². The Labute approximate surface area is 87.5 Å². The number of hydrogen-bond donors (Lipinski definition) is 3. The molecule has 0 aliphatic heterocycles. The first-order chi connectivity index (χ1) is 7.08. The van der Waals surface area contributed by atoms with Gasteiger partial charge in [-0.05, 0) is 17.7 Å². The normalized spacial score (nSPS) is 9.60. The van der Waals surface area contributed by atoms with Crippen LogP contribution in [0.15, 0.2) is 24.3 Å². The fourth-order valence-electron chi connectivity index (χ4n) is 1.08. The van der Waals surface area contributed by atoms with Gasteiger partial charge in [0.2, 0.25) is 0 Å². The summed E-state index contributed by atoms with van der Waals surface area (Å²) in [6, 6.07) is 7.00. The van der Waals surface area contributed by atoms with Gasteiger partial charge in [-0.2, -0.15) is 0 Å². The number of ether oxygens (including phenoxy) is 1. The minimum Gasteiger partial charge on any atom is -0.484 e. The smallest absolute Gasteiger partial charge is 0.255 e. The molecule has 15 heavy (non-hydrogen) atoms. The van der Waals surface area contributed by atoms with Crippen molar-refractivity contribution in [2.45, 2.75) is 6.42 Å². The number of benzene rings is 1. The molecule has 5 N–H and O–H groups in total. The van der Waals surface area contributed by atoms with Gasteiger partial charge in [0.15, 0.2) is 6.61 Å². The summed E-state index contributed by atoms with van der Waals surface area (Å²) in [4.78, 5) is 10.4. The fourth-order valence-corrected chi connectivity index (χ4v) is 1.08. The zero-order valence-electron chi connectivity index (χ0n) is 8.19. The molecule has 0 spiro atoms. The van der Waals surface area contributed by atoms with E-state index in [0.717, 1.165) is 5.56 Å². The maximum absolute atomic E-state index is 10.4. The van der Waals surface area contributed by atoms with Crippen LogP contribution in [0.4, 0.5) is 0 Å². The van der Waals surface area contributed by atoms with E-state index in [9.17, 15) is 4.79 Å². The second kappa shape index (κ2) is 4.99. The summed E-state index contributed by atoms with van der Waals surface area (Å²) >= 11 is 0. The summed E-state index contributed by atoms with van der Waals surface area (Å²) in [5.74, 6) is 0.171. The minimum absolute atomic E-state index is 0.112. The third kappa shape index (κ3) is 4.12. The van der Waals surface area contributed by atoms with Gasteiger partial charge in [-0.25, -0.2) is 0 Å². The number of carbonyl (C=O) groups is 1. The summed E-state index contributed by atoms with van der Waals surface area (Å²) in [7, 11) is 0. The largest absolute Gasteiger partial charge is 0.484 e. The fraction of sp³-hybridized carbons (Fsp3) is 0.200. The van der Waals surface area contributed by atoms with Crippen LogP contribution in [-0.2, 0) is 11.2 Å². The van der Waals surface area contributed by atoms with Gasteiger partial charge < -0.3 is 16.2 Å². The summed E-state index contributed by atoms with van der Waals surface area (Å²) in [6.07, 6.45) is 0.413. The van der Waals surface area contributed by atoms with Gasteiger partial charge in [0, 0.05) is 6.42 Å². The van der Waals surface area contributed by atoms with Crippen molar-refractivity contribution in [2.75, 3.05) is 6.61 Å². The molecule has 0 aliphatic carbocycles. The number of hydrogen-bond acceptors (Lipinski definition) is 3. The first-order valence-corrected chi connectivity index (χ1v) is 4.41. The predicted molar refractivity (Wildman–Crippen MR) is 56.7 cm³/mol. The Hall–Kier alpha value is -2.04. The number of carbonyl (C=O) groups excluding carboxylic acids is 1. The Kier molecular flexibility index (Phi) is 3.68. The van der Waals surface area contributed by atoms with E-state index in [0.29, 0.717) is 12.2 Å². The van der Waals surface area contributed by atoms with Crippen molar-refractivity contribution in [1.82, 2.24) is 0 Å². The lowest BCUT2D eigenvalue weighted by atomic mass is 10.1. The van der Waals surface area contributed by atoms with Gasteiger partial charge >= 0.3 is 0 Å². The lowest BCUT2D eigenvalue weighted by molar-refractivity contribution is -0.119. The Morgan fingerprint density at radius 2 is 1.87 bits per heavy atom. The SMILES string of the molecule is N=C(N)Cc1ccc(OCC(N)=O)cc1. The van der Waals surface area contributed by atoms with Crippen LogP contribution in [0.3, 0.4) is 0 Å². The Morgan fingerprint density at radius 3 is 2.33 bits per heavy atom. The number of amides is 1. The van der Waals surface area contributed by atoms with E-state index in [2.05, 4.69) is 0 Å². The van der Waals surface area contributed by atoms with Crippen molar-refractivity contribution in [2.24, 2.45) is 11.5 Å². The molecule has 1 amide bonds. The molecule has 0 aromatic heterocycles. The molecule has 5 heteroatoms. The molecule has 0 aliphatic rings. The molecule has 0 radical (unpaired) electrons. The van der Waals surface area contributed by atoms with Gasteiger partial charge in [-0.15, -0.1) is 0 Å². The molecule has 5 nitrogen and oxygen atoms in total. The highest BCUT2D eigenvalue weighted by Gasteiger charge is 1.99. The van der Waals surface area contributed by atoms with Crippen LogP contribution in [0.25, 0.3) is 0 Å². The number of nitrogens with one attached hydrogen (secondary N) is 1. The highest BCUT2D eigenvalue weighted by atomic mass is 16.5.